The highest BCUT2D eigenvalue weighted by Gasteiger charge is 2.25. The molecule has 1 amide bonds. The maximum Gasteiger partial charge on any atom is 0.410 e. The number of hydrogen-bond acceptors (Lipinski definition) is 9. The molecular weight excluding hydrogens is 800 g/mol. The number of amides is 1. The van der Waals surface area contributed by atoms with Crippen LogP contribution in [0.25, 0.3) is 22.5 Å². The highest BCUT2D eigenvalue weighted by Crippen LogP contribution is 2.29. The van der Waals surface area contributed by atoms with Gasteiger partial charge in [-0.05, 0) is 80.4 Å². The van der Waals surface area contributed by atoms with Crippen LogP contribution >= 0.6 is 24.0 Å². The minimum absolute atomic E-state index is 0. The van der Waals surface area contributed by atoms with E-state index in [2.05, 4.69) is 15.3 Å². The highest BCUT2D eigenvalue weighted by atomic mass is 35.5. The molecule has 0 unspecified atom stereocenters. The van der Waals surface area contributed by atoms with Gasteiger partial charge in [0.1, 0.15) is 20.5 Å². The van der Waals surface area contributed by atoms with Gasteiger partial charge in [-0.1, -0.05) is 72.3 Å². The summed E-state index contributed by atoms with van der Waals surface area (Å²) in [4.78, 5) is 31.3. The maximum absolute atomic E-state index is 13.3. The molecule has 2 N–H and O–H groups in total. The molecule has 0 fully saturated rings. The molecule has 4 heterocycles. The molecule has 0 aliphatic carbocycles. The molecule has 0 radical (unpaired) electrons. The van der Waals surface area contributed by atoms with Crippen molar-refractivity contribution < 1.29 is 26.4 Å². The molecule has 0 saturated heterocycles. The quantitative estimate of drug-likeness (QED) is 0.138. The summed E-state index contributed by atoms with van der Waals surface area (Å²) < 4.78 is 60.5. The molecule has 56 heavy (non-hydrogen) atoms. The lowest BCUT2D eigenvalue weighted by Gasteiger charge is -2.24. The SMILES string of the molecule is CN(Cc1cc(-c2ccccc2)n(S(=O)(=O)c2ccc(Cl)nc2)c1)C(=O)OC(C)(C)C.CNCc1cc(-c2ccccc2)n(S(=O)(=O)c2ccc(=O)[nH]c2)c1.Cl. The van der Waals surface area contributed by atoms with Crippen molar-refractivity contribution in [2.45, 2.75) is 49.3 Å². The average Bonchev–Trinajstić information content (AvgIpc) is 3.78. The summed E-state index contributed by atoms with van der Waals surface area (Å²) in [5.41, 5.74) is 3.09. The molecule has 0 aliphatic rings. The van der Waals surface area contributed by atoms with Gasteiger partial charge in [0.25, 0.3) is 20.0 Å². The first-order valence-electron chi connectivity index (χ1n) is 16.9. The molecule has 0 spiro atoms. The van der Waals surface area contributed by atoms with Crippen LogP contribution in [0.2, 0.25) is 5.15 Å². The molecule has 4 aromatic heterocycles. The molecule has 0 aliphatic heterocycles. The lowest BCUT2D eigenvalue weighted by atomic mass is 10.1. The van der Waals surface area contributed by atoms with Crippen LogP contribution in [0.4, 0.5) is 4.79 Å². The third-order valence-electron chi connectivity index (χ3n) is 7.90. The second kappa shape index (κ2) is 18.2. The van der Waals surface area contributed by atoms with Gasteiger partial charge >= 0.3 is 6.09 Å². The van der Waals surface area contributed by atoms with Crippen molar-refractivity contribution in [1.29, 1.82) is 0 Å². The fourth-order valence-corrected chi connectivity index (χ4v) is 8.22. The minimum Gasteiger partial charge on any atom is -0.444 e. The molecule has 0 atom stereocenters. The normalized spacial score (nSPS) is 11.5. The van der Waals surface area contributed by atoms with Crippen LogP contribution in [0.15, 0.2) is 136 Å². The first-order valence-corrected chi connectivity index (χ1v) is 20.2. The van der Waals surface area contributed by atoms with Gasteiger partial charge in [-0.15, -0.1) is 12.4 Å². The average molecular weight is 842 g/mol. The Morgan fingerprint density at radius 2 is 1.34 bits per heavy atom. The Bertz CT molecular complexity index is 2510. The Morgan fingerprint density at radius 3 is 1.82 bits per heavy atom. The molecule has 6 aromatic rings. The van der Waals surface area contributed by atoms with E-state index in [1.807, 2.05) is 66.7 Å². The molecular formula is C39H42Cl2N6O7S2. The summed E-state index contributed by atoms with van der Waals surface area (Å²) in [5, 5.41) is 3.22. The Labute approximate surface area is 337 Å². The zero-order chi connectivity index (χ0) is 40.0. The van der Waals surface area contributed by atoms with Crippen molar-refractivity contribution in [3.63, 3.8) is 0 Å². The third kappa shape index (κ3) is 10.6. The standard InChI is InChI=1S/C22H24ClN3O4S.C17H17N3O3S.ClH/c1-22(2,3)30-21(27)25(4)14-16-12-19(17-8-6-5-7-9-17)26(15-16)31(28,29)18-10-11-20(23)24-13-18;1-18-10-13-9-16(14-5-3-2-4-6-14)20(12-13)24(22,23)15-7-8-17(21)19-11-15;/h5-13,15H,14H2,1-4H3;2-9,11-12,18H,10H2,1H3,(H,19,21);1H. The molecule has 6 rings (SSSR count). The van der Waals surface area contributed by atoms with Crippen LogP contribution in [0.3, 0.4) is 0 Å². The summed E-state index contributed by atoms with van der Waals surface area (Å²) in [5.74, 6) is 0. The van der Waals surface area contributed by atoms with Gasteiger partial charge in [0.15, 0.2) is 0 Å². The molecule has 0 bridgehead atoms. The Hall–Kier alpha value is -5.19. The number of benzene rings is 2. The number of H-pyrrole nitrogens is 1. The summed E-state index contributed by atoms with van der Waals surface area (Å²) in [6.07, 6.45) is 5.04. The number of aromatic nitrogens is 4. The van der Waals surface area contributed by atoms with Crippen molar-refractivity contribution in [3.8, 4) is 22.5 Å². The molecule has 17 heteroatoms. The Morgan fingerprint density at radius 1 is 0.821 bits per heavy atom. The third-order valence-corrected chi connectivity index (χ3v) is 11.5. The van der Waals surface area contributed by atoms with E-state index in [1.54, 1.807) is 47.1 Å². The van der Waals surface area contributed by atoms with E-state index in [1.165, 1.54) is 55.7 Å². The zero-order valence-corrected chi connectivity index (χ0v) is 34.4. The van der Waals surface area contributed by atoms with E-state index in [4.69, 9.17) is 16.3 Å². The predicted octanol–water partition coefficient (Wildman–Crippen LogP) is 7.03. The first-order chi connectivity index (χ1) is 26.0. The second-order valence-corrected chi connectivity index (χ2v) is 17.4. The van der Waals surface area contributed by atoms with Crippen LogP contribution in [-0.2, 0) is 37.9 Å². The molecule has 13 nitrogen and oxygen atoms in total. The van der Waals surface area contributed by atoms with E-state index in [-0.39, 0.29) is 39.5 Å². The lowest BCUT2D eigenvalue weighted by molar-refractivity contribution is 0.0285. The molecule has 0 saturated carbocycles. The Balaban J connectivity index is 0.000000252. The fourth-order valence-electron chi connectivity index (χ4n) is 5.39. The number of rotatable bonds is 10. The minimum atomic E-state index is -3.94. The largest absolute Gasteiger partial charge is 0.444 e. The summed E-state index contributed by atoms with van der Waals surface area (Å²) >= 11 is 5.81. The number of nitrogens with zero attached hydrogens (tertiary/aromatic N) is 4. The van der Waals surface area contributed by atoms with Gasteiger partial charge in [-0.25, -0.2) is 34.6 Å². The maximum atomic E-state index is 13.3. The topological polar surface area (TPSA) is 165 Å². The first kappa shape index (κ1) is 43.5. The number of hydrogen-bond donors (Lipinski definition) is 2. The number of halogens is 2. The number of nitrogens with one attached hydrogen (secondary N) is 2. The predicted molar refractivity (Wildman–Crippen MR) is 219 cm³/mol. The van der Waals surface area contributed by atoms with Gasteiger partial charge in [0.05, 0.1) is 17.9 Å². The van der Waals surface area contributed by atoms with Gasteiger partial charge in [0, 0.05) is 44.4 Å². The van der Waals surface area contributed by atoms with Crippen molar-refractivity contribution in [3.05, 3.63) is 148 Å². The van der Waals surface area contributed by atoms with Crippen molar-refractivity contribution >= 4 is 50.1 Å². The number of pyridine rings is 2. The van der Waals surface area contributed by atoms with E-state index >= 15 is 0 Å². The van der Waals surface area contributed by atoms with Crippen molar-refractivity contribution in [1.82, 2.24) is 28.1 Å². The fraction of sp³-hybridized carbons (Fsp3) is 0.205. The lowest BCUT2D eigenvalue weighted by Crippen LogP contribution is -2.33. The summed E-state index contributed by atoms with van der Waals surface area (Å²) in [7, 11) is -4.35. The van der Waals surface area contributed by atoms with Crippen LogP contribution in [0.5, 0.6) is 0 Å². The van der Waals surface area contributed by atoms with E-state index < -0.39 is 31.7 Å². The van der Waals surface area contributed by atoms with Gasteiger partial charge < -0.3 is 19.9 Å². The van der Waals surface area contributed by atoms with E-state index in [0.717, 1.165) is 16.7 Å². The number of carbonyl (C=O) groups excluding carboxylic acids is 1. The van der Waals surface area contributed by atoms with Crippen molar-refractivity contribution in [2.75, 3.05) is 14.1 Å². The monoisotopic (exact) mass is 840 g/mol. The molecule has 2 aromatic carbocycles. The van der Waals surface area contributed by atoms with Crippen molar-refractivity contribution in [2.24, 2.45) is 0 Å². The van der Waals surface area contributed by atoms with Crippen LogP contribution < -0.4 is 10.9 Å². The highest BCUT2D eigenvalue weighted by molar-refractivity contribution is 7.90. The summed E-state index contributed by atoms with van der Waals surface area (Å²) in [6.45, 7) is 6.09. The smallest absolute Gasteiger partial charge is 0.410 e. The number of ether oxygens (including phenoxy) is 1. The Kier molecular flexibility index (Phi) is 14.1. The number of carbonyl (C=O) groups is 1. The van der Waals surface area contributed by atoms with E-state index in [0.29, 0.717) is 23.5 Å². The zero-order valence-electron chi connectivity index (χ0n) is 31.2. The van der Waals surface area contributed by atoms with Crippen LogP contribution in [0.1, 0.15) is 31.9 Å². The van der Waals surface area contributed by atoms with Gasteiger partial charge in [0.2, 0.25) is 5.56 Å². The van der Waals surface area contributed by atoms with E-state index in [9.17, 15) is 26.4 Å². The van der Waals surface area contributed by atoms with Crippen LogP contribution in [-0.4, -0.2) is 65.4 Å². The number of aromatic amines is 1. The second-order valence-electron chi connectivity index (χ2n) is 13.4. The molecule has 296 valence electrons. The van der Waals surface area contributed by atoms with Gasteiger partial charge in [-0.2, -0.15) is 0 Å². The van der Waals surface area contributed by atoms with Gasteiger partial charge in [-0.3, -0.25) is 4.79 Å². The van der Waals surface area contributed by atoms with Crippen LogP contribution in [0, 0.1) is 0 Å². The summed E-state index contributed by atoms with van der Waals surface area (Å²) in [6, 6.07) is 27.4.